The van der Waals surface area contributed by atoms with Gasteiger partial charge in [0, 0.05) is 5.39 Å². The van der Waals surface area contributed by atoms with E-state index in [2.05, 4.69) is 17.2 Å². The van der Waals surface area contributed by atoms with Gasteiger partial charge in [0.15, 0.2) is 17.1 Å². The van der Waals surface area contributed by atoms with Gasteiger partial charge in [-0.1, -0.05) is 30.0 Å². The summed E-state index contributed by atoms with van der Waals surface area (Å²) in [5, 5.41) is 3.31. The van der Waals surface area contributed by atoms with Crippen molar-refractivity contribution >= 4 is 16.9 Å². The fraction of sp³-hybridized carbons (Fsp3) is 0.190. The van der Waals surface area contributed by atoms with Crippen molar-refractivity contribution in [2.75, 3.05) is 20.3 Å². The Morgan fingerprint density at radius 2 is 1.93 bits per heavy atom. The van der Waals surface area contributed by atoms with E-state index in [9.17, 15) is 18.0 Å². The zero-order chi connectivity index (χ0) is 20.9. The Kier molecular flexibility index (Phi) is 5.98. The van der Waals surface area contributed by atoms with E-state index in [1.54, 1.807) is 24.3 Å². The molecule has 3 rings (SSSR count). The van der Waals surface area contributed by atoms with Gasteiger partial charge in [-0.25, -0.2) is 0 Å². The molecule has 0 radical (unpaired) electrons. The van der Waals surface area contributed by atoms with Crippen LogP contribution in [-0.4, -0.2) is 26.2 Å². The number of halogens is 3. The normalized spacial score (nSPS) is 10.9. The number of ether oxygens (including phenoxy) is 2. The highest BCUT2D eigenvalue weighted by Crippen LogP contribution is 2.31. The van der Waals surface area contributed by atoms with E-state index in [-0.39, 0.29) is 24.7 Å². The van der Waals surface area contributed by atoms with Crippen molar-refractivity contribution in [3.63, 3.8) is 0 Å². The summed E-state index contributed by atoms with van der Waals surface area (Å²) in [7, 11) is 1.51. The lowest BCUT2D eigenvalue weighted by Crippen LogP contribution is -2.23. The molecule has 0 unspecified atom stereocenters. The van der Waals surface area contributed by atoms with Crippen molar-refractivity contribution < 1.29 is 31.9 Å². The third-order valence-electron chi connectivity index (χ3n) is 3.89. The Balaban J connectivity index is 1.51. The summed E-state index contributed by atoms with van der Waals surface area (Å²) in [6, 6.07) is 11.4. The Bertz CT molecular complexity index is 1080. The molecular weight excluding hydrogens is 387 g/mol. The SMILES string of the molecule is COc1cccc2cc(C(=O)NCC#CCOc3cccc(C(F)(F)F)c3)oc12. The topological polar surface area (TPSA) is 60.7 Å². The van der Waals surface area contributed by atoms with Crippen molar-refractivity contribution in [3.8, 4) is 23.3 Å². The van der Waals surface area contributed by atoms with Gasteiger partial charge in [-0.05, 0) is 30.3 Å². The molecule has 2 aromatic carbocycles. The zero-order valence-corrected chi connectivity index (χ0v) is 15.3. The van der Waals surface area contributed by atoms with E-state index in [0.29, 0.717) is 11.3 Å². The van der Waals surface area contributed by atoms with E-state index < -0.39 is 17.6 Å². The average Bonchev–Trinajstić information content (AvgIpc) is 3.14. The maximum Gasteiger partial charge on any atom is 0.416 e. The van der Waals surface area contributed by atoms with Crippen molar-refractivity contribution in [2.45, 2.75) is 6.18 Å². The van der Waals surface area contributed by atoms with E-state index in [4.69, 9.17) is 13.9 Å². The first-order valence-electron chi connectivity index (χ1n) is 8.49. The molecule has 0 aliphatic heterocycles. The molecule has 0 aliphatic rings. The molecule has 0 spiro atoms. The molecule has 3 aromatic rings. The van der Waals surface area contributed by atoms with Crippen LogP contribution in [0.2, 0.25) is 0 Å². The third-order valence-corrected chi connectivity index (χ3v) is 3.89. The lowest BCUT2D eigenvalue weighted by molar-refractivity contribution is -0.137. The molecule has 29 heavy (non-hydrogen) atoms. The van der Waals surface area contributed by atoms with Gasteiger partial charge in [-0.2, -0.15) is 13.2 Å². The van der Waals surface area contributed by atoms with Crippen molar-refractivity contribution in [2.24, 2.45) is 0 Å². The first-order chi connectivity index (χ1) is 13.9. The number of carbonyl (C=O) groups excluding carboxylic acids is 1. The van der Waals surface area contributed by atoms with E-state index >= 15 is 0 Å². The first-order valence-corrected chi connectivity index (χ1v) is 8.49. The minimum absolute atomic E-state index is 0.0268. The van der Waals surface area contributed by atoms with Crippen LogP contribution in [0, 0.1) is 11.8 Å². The number of nitrogens with one attached hydrogen (secondary N) is 1. The van der Waals surface area contributed by atoms with Gasteiger partial charge in [-0.15, -0.1) is 0 Å². The van der Waals surface area contributed by atoms with Gasteiger partial charge >= 0.3 is 6.18 Å². The second-order valence-electron chi connectivity index (χ2n) is 5.84. The summed E-state index contributed by atoms with van der Waals surface area (Å²) in [5.74, 6) is 5.54. The molecule has 150 valence electrons. The second-order valence-corrected chi connectivity index (χ2v) is 5.84. The first kappa shape index (κ1) is 20.1. The molecule has 0 fully saturated rings. The molecule has 1 amide bonds. The van der Waals surface area contributed by atoms with Crippen molar-refractivity contribution in [1.82, 2.24) is 5.32 Å². The lowest BCUT2D eigenvalue weighted by atomic mass is 10.2. The van der Waals surface area contributed by atoms with E-state index in [1.807, 2.05) is 0 Å². The fourth-order valence-electron chi connectivity index (χ4n) is 2.52. The smallest absolute Gasteiger partial charge is 0.416 e. The Morgan fingerprint density at radius 3 is 2.69 bits per heavy atom. The largest absolute Gasteiger partial charge is 0.493 e. The third kappa shape index (κ3) is 5.02. The summed E-state index contributed by atoms with van der Waals surface area (Å²) in [6.07, 6.45) is -4.43. The molecule has 0 saturated carbocycles. The summed E-state index contributed by atoms with van der Waals surface area (Å²) in [6.45, 7) is -0.0853. The molecule has 0 bridgehead atoms. The van der Waals surface area contributed by atoms with Crippen LogP contribution in [0.3, 0.4) is 0 Å². The summed E-state index contributed by atoms with van der Waals surface area (Å²) >= 11 is 0. The van der Waals surface area contributed by atoms with Gasteiger partial charge in [0.05, 0.1) is 19.2 Å². The summed E-state index contributed by atoms with van der Waals surface area (Å²) in [5.41, 5.74) is -0.321. The predicted molar refractivity (Wildman–Crippen MR) is 99.8 cm³/mol. The molecule has 0 atom stereocenters. The predicted octanol–water partition coefficient (Wildman–Crippen LogP) is 4.27. The van der Waals surface area contributed by atoms with Crippen LogP contribution in [0.1, 0.15) is 16.1 Å². The van der Waals surface area contributed by atoms with Crippen LogP contribution in [0.4, 0.5) is 13.2 Å². The molecule has 1 heterocycles. The second kappa shape index (κ2) is 8.61. The number of alkyl halides is 3. The highest BCUT2D eigenvalue weighted by Gasteiger charge is 2.30. The number of benzene rings is 2. The highest BCUT2D eigenvalue weighted by atomic mass is 19.4. The Morgan fingerprint density at radius 1 is 1.14 bits per heavy atom. The molecule has 1 N–H and O–H groups in total. The fourth-order valence-corrected chi connectivity index (χ4v) is 2.52. The summed E-state index contributed by atoms with van der Waals surface area (Å²) in [4.78, 5) is 12.1. The molecular formula is C21H16F3NO4. The van der Waals surface area contributed by atoms with E-state index in [0.717, 1.165) is 17.5 Å². The average molecular weight is 403 g/mol. The number of rotatable bonds is 5. The maximum atomic E-state index is 12.6. The monoisotopic (exact) mass is 403 g/mol. The van der Waals surface area contributed by atoms with Crippen LogP contribution in [0.25, 0.3) is 11.0 Å². The number of para-hydroxylation sites is 1. The van der Waals surface area contributed by atoms with E-state index in [1.165, 1.54) is 19.2 Å². The van der Waals surface area contributed by atoms with Gasteiger partial charge in [-0.3, -0.25) is 4.79 Å². The number of hydrogen-bond acceptors (Lipinski definition) is 4. The molecule has 5 nitrogen and oxygen atoms in total. The van der Waals surface area contributed by atoms with Gasteiger partial charge in [0.2, 0.25) is 0 Å². The van der Waals surface area contributed by atoms with Crippen molar-refractivity contribution in [3.05, 3.63) is 59.9 Å². The maximum absolute atomic E-state index is 12.6. The number of carbonyl (C=O) groups is 1. The van der Waals surface area contributed by atoms with Crippen LogP contribution >= 0.6 is 0 Å². The zero-order valence-electron chi connectivity index (χ0n) is 15.3. The number of methoxy groups -OCH3 is 1. The highest BCUT2D eigenvalue weighted by molar-refractivity contribution is 5.97. The number of hydrogen-bond donors (Lipinski definition) is 1. The van der Waals surface area contributed by atoms with Crippen LogP contribution < -0.4 is 14.8 Å². The quantitative estimate of drug-likeness (QED) is 0.647. The van der Waals surface area contributed by atoms with Crippen LogP contribution in [0.5, 0.6) is 11.5 Å². The Hall–Kier alpha value is -3.60. The lowest BCUT2D eigenvalue weighted by Gasteiger charge is -2.08. The molecule has 1 aromatic heterocycles. The van der Waals surface area contributed by atoms with Crippen LogP contribution in [0.15, 0.2) is 52.9 Å². The van der Waals surface area contributed by atoms with Gasteiger partial charge in [0.1, 0.15) is 12.4 Å². The number of amides is 1. The molecule has 8 heteroatoms. The van der Waals surface area contributed by atoms with Gasteiger partial charge < -0.3 is 19.2 Å². The van der Waals surface area contributed by atoms with Gasteiger partial charge in [0.25, 0.3) is 5.91 Å². The minimum Gasteiger partial charge on any atom is -0.493 e. The molecule has 0 aliphatic carbocycles. The number of furan rings is 1. The standard InChI is InChI=1S/C21H16F3NO4/c1-27-17-9-4-6-14-12-18(29-19(14)17)20(26)25-10-2-3-11-28-16-8-5-7-15(13-16)21(22,23)24/h4-9,12-13H,10-11H2,1H3,(H,25,26). The van der Waals surface area contributed by atoms with Crippen LogP contribution in [-0.2, 0) is 6.18 Å². The number of fused-ring (bicyclic) bond motifs is 1. The van der Waals surface area contributed by atoms with Crippen molar-refractivity contribution in [1.29, 1.82) is 0 Å². The molecule has 0 saturated heterocycles. The Labute approximate surface area is 164 Å². The summed E-state index contributed by atoms with van der Waals surface area (Å²) < 4.78 is 53.8. The minimum atomic E-state index is -4.43.